The van der Waals surface area contributed by atoms with Crippen LogP contribution in [0.2, 0.25) is 0 Å². The number of pyridine rings is 1. The van der Waals surface area contributed by atoms with E-state index >= 15 is 0 Å². The summed E-state index contributed by atoms with van der Waals surface area (Å²) in [5, 5.41) is 0. The Kier molecular flexibility index (Phi) is 3.32. The second kappa shape index (κ2) is 4.03. The highest BCUT2D eigenvalue weighted by molar-refractivity contribution is 9.10. The topological polar surface area (TPSA) is 12.9 Å². The van der Waals surface area contributed by atoms with Crippen LogP contribution in [0.15, 0.2) is 10.7 Å². The molecule has 0 spiro atoms. The van der Waals surface area contributed by atoms with Crippen LogP contribution in [0.25, 0.3) is 0 Å². The molecule has 7 heteroatoms. The minimum Gasteiger partial charge on any atom is -0.236 e. The van der Waals surface area contributed by atoms with Crippen molar-refractivity contribution in [2.45, 2.75) is 19.5 Å². The van der Waals surface area contributed by atoms with Gasteiger partial charge in [-0.3, -0.25) is 0 Å². The molecule has 0 saturated heterocycles. The predicted molar refractivity (Wildman–Crippen MR) is 46.6 cm³/mol. The van der Waals surface area contributed by atoms with Crippen molar-refractivity contribution in [3.8, 4) is 0 Å². The van der Waals surface area contributed by atoms with Gasteiger partial charge in [0, 0.05) is 0 Å². The lowest BCUT2D eigenvalue weighted by atomic mass is 10.1. The number of halogens is 6. The molecule has 1 nitrogen and oxygen atoms in total. The van der Waals surface area contributed by atoms with Crippen molar-refractivity contribution in [3.05, 3.63) is 27.5 Å². The van der Waals surface area contributed by atoms with Crippen molar-refractivity contribution in [2.24, 2.45) is 0 Å². The molecule has 0 aliphatic heterocycles. The van der Waals surface area contributed by atoms with Crippen molar-refractivity contribution < 1.29 is 22.0 Å². The second-order valence-corrected chi connectivity index (χ2v) is 3.64. The first-order chi connectivity index (χ1) is 6.73. The maximum atomic E-state index is 12.4. The lowest BCUT2D eigenvalue weighted by Crippen LogP contribution is -2.14. The van der Waals surface area contributed by atoms with Gasteiger partial charge in [-0.15, -0.1) is 0 Å². The van der Waals surface area contributed by atoms with E-state index in [9.17, 15) is 22.0 Å². The molecule has 1 aromatic rings. The Labute approximate surface area is 90.4 Å². The molecule has 0 unspecified atom stereocenters. The number of hydrogen-bond donors (Lipinski definition) is 0. The van der Waals surface area contributed by atoms with Gasteiger partial charge in [0.25, 0.3) is 6.43 Å². The number of nitrogens with zero attached hydrogens (tertiary/aromatic N) is 1. The molecule has 1 heterocycles. The van der Waals surface area contributed by atoms with Crippen LogP contribution in [0.5, 0.6) is 0 Å². The van der Waals surface area contributed by atoms with Crippen molar-refractivity contribution in [3.63, 3.8) is 0 Å². The molecule has 0 N–H and O–H groups in total. The highest BCUT2D eigenvalue weighted by atomic mass is 79.9. The van der Waals surface area contributed by atoms with E-state index in [1.807, 2.05) is 0 Å². The number of aromatic nitrogens is 1. The van der Waals surface area contributed by atoms with E-state index in [-0.39, 0.29) is 10.2 Å². The van der Waals surface area contributed by atoms with E-state index < -0.39 is 23.9 Å². The summed E-state index contributed by atoms with van der Waals surface area (Å²) in [6.07, 6.45) is -8.07. The minimum absolute atomic E-state index is 0.114. The Bertz CT molecular complexity index is 374. The molecule has 0 fully saturated rings. The Balaban J connectivity index is 3.47. The summed E-state index contributed by atoms with van der Waals surface area (Å²) >= 11 is 2.73. The van der Waals surface area contributed by atoms with Gasteiger partial charge in [-0.1, -0.05) is 0 Å². The monoisotopic (exact) mass is 289 g/mol. The van der Waals surface area contributed by atoms with Crippen LogP contribution < -0.4 is 0 Å². The summed E-state index contributed by atoms with van der Waals surface area (Å²) in [6, 6.07) is 1.12. The van der Waals surface area contributed by atoms with Crippen LogP contribution in [-0.4, -0.2) is 4.98 Å². The molecule has 0 saturated carbocycles. The molecular formula is C8H5BrF5N. The lowest BCUT2D eigenvalue weighted by Gasteiger charge is -2.13. The van der Waals surface area contributed by atoms with E-state index in [4.69, 9.17) is 0 Å². The molecule has 0 aromatic carbocycles. The van der Waals surface area contributed by atoms with Gasteiger partial charge in [-0.25, -0.2) is 13.8 Å². The summed E-state index contributed by atoms with van der Waals surface area (Å²) in [5.74, 6) is 0. The maximum Gasteiger partial charge on any atom is 0.433 e. The van der Waals surface area contributed by atoms with Gasteiger partial charge in [0.15, 0.2) is 5.69 Å². The number of rotatable bonds is 1. The smallest absolute Gasteiger partial charge is 0.236 e. The minimum atomic E-state index is -4.87. The Morgan fingerprint density at radius 2 is 1.87 bits per heavy atom. The van der Waals surface area contributed by atoms with E-state index in [0.717, 1.165) is 6.07 Å². The Morgan fingerprint density at radius 1 is 1.33 bits per heavy atom. The average Bonchev–Trinajstić information content (AvgIpc) is 1.99. The second-order valence-electron chi connectivity index (χ2n) is 2.82. The number of aryl methyl sites for hydroxylation is 1. The fourth-order valence-electron chi connectivity index (χ4n) is 1.13. The summed E-state index contributed by atoms with van der Waals surface area (Å²) in [6.45, 7) is 1.18. The van der Waals surface area contributed by atoms with Crippen LogP contribution in [0, 0.1) is 6.92 Å². The summed E-state index contributed by atoms with van der Waals surface area (Å²) in [4.78, 5) is 3.04. The highest BCUT2D eigenvalue weighted by Gasteiger charge is 2.38. The van der Waals surface area contributed by atoms with Gasteiger partial charge in [0.05, 0.1) is 5.56 Å². The standard InChI is InChI=1S/C8H5BrF5N/c1-3-2-4(9)15-6(8(12,13)14)5(3)7(10)11/h2,7H,1H3. The van der Waals surface area contributed by atoms with E-state index in [0.29, 0.717) is 0 Å². The molecule has 0 aliphatic rings. The maximum absolute atomic E-state index is 12.4. The van der Waals surface area contributed by atoms with Crippen LogP contribution >= 0.6 is 15.9 Å². The van der Waals surface area contributed by atoms with Gasteiger partial charge >= 0.3 is 6.18 Å². The first-order valence-corrected chi connectivity index (χ1v) is 4.55. The molecule has 84 valence electrons. The quantitative estimate of drug-likeness (QED) is 0.560. The van der Waals surface area contributed by atoms with Crippen LogP contribution in [0.1, 0.15) is 23.2 Å². The fraction of sp³-hybridized carbons (Fsp3) is 0.375. The fourth-order valence-corrected chi connectivity index (χ4v) is 1.65. The van der Waals surface area contributed by atoms with E-state index in [1.165, 1.54) is 6.92 Å². The molecule has 1 rings (SSSR count). The summed E-state index contributed by atoms with van der Waals surface area (Å²) < 4.78 is 61.7. The summed E-state index contributed by atoms with van der Waals surface area (Å²) in [5.41, 5.74) is -2.74. The summed E-state index contributed by atoms with van der Waals surface area (Å²) in [7, 11) is 0. The molecule has 0 aliphatic carbocycles. The van der Waals surface area contributed by atoms with Crippen LogP contribution in [-0.2, 0) is 6.18 Å². The van der Waals surface area contributed by atoms with Crippen molar-refractivity contribution in [2.75, 3.05) is 0 Å². The van der Waals surface area contributed by atoms with Crippen molar-refractivity contribution in [1.82, 2.24) is 4.98 Å². The van der Waals surface area contributed by atoms with Gasteiger partial charge in [-0.2, -0.15) is 13.2 Å². The third kappa shape index (κ3) is 2.64. The Hall–Kier alpha value is -0.720. The van der Waals surface area contributed by atoms with E-state index in [1.54, 1.807) is 0 Å². The highest BCUT2D eigenvalue weighted by Crippen LogP contribution is 2.37. The molecule has 0 bridgehead atoms. The van der Waals surface area contributed by atoms with Crippen molar-refractivity contribution >= 4 is 15.9 Å². The molecule has 0 atom stereocenters. The Morgan fingerprint density at radius 3 is 2.27 bits per heavy atom. The molecule has 0 radical (unpaired) electrons. The zero-order chi connectivity index (χ0) is 11.8. The first kappa shape index (κ1) is 12.4. The largest absolute Gasteiger partial charge is 0.433 e. The predicted octanol–water partition coefficient (Wildman–Crippen LogP) is 4.11. The zero-order valence-corrected chi connectivity index (χ0v) is 8.96. The molecule has 0 amide bonds. The van der Waals surface area contributed by atoms with Crippen molar-refractivity contribution in [1.29, 1.82) is 0 Å². The van der Waals surface area contributed by atoms with Gasteiger partial charge in [0.2, 0.25) is 0 Å². The third-order valence-electron chi connectivity index (χ3n) is 1.72. The van der Waals surface area contributed by atoms with E-state index in [2.05, 4.69) is 20.9 Å². The lowest BCUT2D eigenvalue weighted by molar-refractivity contribution is -0.143. The number of alkyl halides is 5. The van der Waals surface area contributed by atoms with Crippen LogP contribution in [0.4, 0.5) is 22.0 Å². The first-order valence-electron chi connectivity index (χ1n) is 3.76. The average molecular weight is 290 g/mol. The molecule has 1 aromatic heterocycles. The third-order valence-corrected chi connectivity index (χ3v) is 2.13. The molecular weight excluding hydrogens is 285 g/mol. The van der Waals surface area contributed by atoms with Gasteiger partial charge in [-0.05, 0) is 34.5 Å². The SMILES string of the molecule is Cc1cc(Br)nc(C(F)(F)F)c1C(F)F. The van der Waals surface area contributed by atoms with Gasteiger partial charge in [0.1, 0.15) is 4.60 Å². The zero-order valence-electron chi connectivity index (χ0n) is 7.37. The van der Waals surface area contributed by atoms with Gasteiger partial charge < -0.3 is 0 Å². The normalized spacial score (nSPS) is 12.3. The van der Waals surface area contributed by atoms with Crippen LogP contribution in [0.3, 0.4) is 0 Å². The molecule has 15 heavy (non-hydrogen) atoms. The number of hydrogen-bond acceptors (Lipinski definition) is 1.